The van der Waals surface area contributed by atoms with Crippen molar-refractivity contribution >= 4 is 79.4 Å². The summed E-state index contributed by atoms with van der Waals surface area (Å²) in [6, 6.07) is 55.9. The second-order valence-electron chi connectivity index (χ2n) is 19.5. The fourth-order valence-corrected chi connectivity index (χ4v) is 11.0. The molecular formula is C57H48BN2O. The highest BCUT2D eigenvalue weighted by molar-refractivity contribution is 6.74. The Hall–Kier alpha value is -6.52. The Morgan fingerprint density at radius 1 is 0.525 bits per heavy atom. The summed E-state index contributed by atoms with van der Waals surface area (Å²) < 4.78 is 6.57. The highest BCUT2D eigenvalue weighted by Crippen LogP contribution is 2.57. The van der Waals surface area contributed by atoms with Gasteiger partial charge in [-0.1, -0.05) is 162 Å². The Morgan fingerprint density at radius 2 is 1.23 bits per heavy atom. The van der Waals surface area contributed by atoms with Crippen LogP contribution in [-0.2, 0) is 16.2 Å². The molecule has 0 saturated heterocycles. The zero-order valence-corrected chi connectivity index (χ0v) is 35.8. The molecule has 3 heterocycles. The lowest BCUT2D eigenvalue weighted by atomic mass is 9.55. The van der Waals surface area contributed by atoms with Crippen molar-refractivity contribution in [3.63, 3.8) is 0 Å². The van der Waals surface area contributed by atoms with Gasteiger partial charge in [-0.2, -0.15) is 0 Å². The van der Waals surface area contributed by atoms with Crippen molar-refractivity contribution in [2.45, 2.75) is 70.6 Å². The number of nitrogens with one attached hydrogen (secondary N) is 1. The minimum atomic E-state index is -0.193. The van der Waals surface area contributed by atoms with Gasteiger partial charge in [0.1, 0.15) is 5.58 Å². The van der Waals surface area contributed by atoms with Crippen LogP contribution in [0.1, 0.15) is 76.6 Å². The minimum Gasteiger partial charge on any atom is -0.454 e. The van der Waals surface area contributed by atoms with E-state index in [-0.39, 0.29) is 16.2 Å². The SMILES string of the molecule is CC1(C)CCC(C)(C)c2cc3c(cc21)N1c2c(cccc2C3(C)C)[B]c2c(-c3cc(-c4ccccc4)ccc3Nc3cccc4c3oc3ccccc34)cc3ccccc3c21. The van der Waals surface area contributed by atoms with E-state index in [9.17, 15) is 0 Å². The number of fused-ring (bicyclic) bond motifs is 10. The normalized spacial score (nSPS) is 16.4. The minimum absolute atomic E-state index is 0.0691. The van der Waals surface area contributed by atoms with Crippen molar-refractivity contribution in [2.24, 2.45) is 0 Å². The maximum absolute atomic E-state index is 6.57. The topological polar surface area (TPSA) is 28.4 Å². The molecule has 0 spiro atoms. The van der Waals surface area contributed by atoms with E-state index in [2.05, 4.69) is 205 Å². The maximum Gasteiger partial charge on any atom is 0.197 e. The predicted octanol–water partition coefficient (Wildman–Crippen LogP) is 14.2. The monoisotopic (exact) mass is 787 g/mol. The summed E-state index contributed by atoms with van der Waals surface area (Å²) >= 11 is 0. The number of rotatable bonds is 4. The van der Waals surface area contributed by atoms with Crippen LogP contribution in [0.15, 0.2) is 156 Å². The zero-order valence-electron chi connectivity index (χ0n) is 35.8. The van der Waals surface area contributed by atoms with E-state index >= 15 is 0 Å². The third-order valence-corrected chi connectivity index (χ3v) is 14.5. The lowest BCUT2D eigenvalue weighted by Gasteiger charge is -2.49. The van der Waals surface area contributed by atoms with Gasteiger partial charge in [-0.15, -0.1) is 0 Å². The Kier molecular flexibility index (Phi) is 7.60. The summed E-state index contributed by atoms with van der Waals surface area (Å²) in [6.07, 6.45) is 2.36. The van der Waals surface area contributed by atoms with Crippen molar-refractivity contribution in [1.82, 2.24) is 0 Å². The van der Waals surface area contributed by atoms with Crippen molar-refractivity contribution in [2.75, 3.05) is 10.2 Å². The van der Waals surface area contributed by atoms with Crippen molar-refractivity contribution in [3.05, 3.63) is 174 Å². The summed E-state index contributed by atoms with van der Waals surface area (Å²) in [6.45, 7) is 14.7. The number of hydrogen-bond donors (Lipinski definition) is 1. The molecule has 3 aliphatic rings. The number of furan rings is 1. The first-order chi connectivity index (χ1) is 29.5. The number of benzene rings is 8. The number of anilines is 5. The molecule has 8 aromatic carbocycles. The third kappa shape index (κ3) is 5.30. The first-order valence-electron chi connectivity index (χ1n) is 21.9. The fraction of sp³-hybridized carbons (Fsp3) is 0.193. The van der Waals surface area contributed by atoms with Gasteiger partial charge >= 0.3 is 0 Å². The number of para-hydroxylation sites is 3. The van der Waals surface area contributed by atoms with E-state index in [1.807, 2.05) is 6.07 Å². The summed E-state index contributed by atoms with van der Waals surface area (Å²) in [7, 11) is 2.47. The average molecular weight is 788 g/mol. The molecule has 0 unspecified atom stereocenters. The van der Waals surface area contributed by atoms with E-state index in [0.29, 0.717) is 0 Å². The average Bonchev–Trinajstić information content (AvgIpc) is 3.66. The number of nitrogens with zero attached hydrogens (tertiary/aromatic N) is 1. The molecule has 1 aliphatic carbocycles. The molecular weight excluding hydrogens is 739 g/mol. The van der Waals surface area contributed by atoms with Gasteiger partial charge in [0.2, 0.25) is 0 Å². The van der Waals surface area contributed by atoms with E-state index < -0.39 is 0 Å². The van der Waals surface area contributed by atoms with Crippen LogP contribution in [0.25, 0.3) is 55.0 Å². The van der Waals surface area contributed by atoms with E-state index in [4.69, 9.17) is 4.42 Å². The van der Waals surface area contributed by atoms with Crippen LogP contribution in [0.4, 0.5) is 28.4 Å². The van der Waals surface area contributed by atoms with E-state index in [0.717, 1.165) is 38.9 Å². The molecule has 61 heavy (non-hydrogen) atoms. The van der Waals surface area contributed by atoms with E-state index in [1.165, 1.54) is 90.5 Å². The van der Waals surface area contributed by atoms with Crippen LogP contribution in [-0.4, -0.2) is 7.28 Å². The predicted molar refractivity (Wildman–Crippen MR) is 259 cm³/mol. The summed E-state index contributed by atoms with van der Waals surface area (Å²) in [5.74, 6) is 0. The van der Waals surface area contributed by atoms with Gasteiger partial charge in [0.15, 0.2) is 12.9 Å². The fourth-order valence-electron chi connectivity index (χ4n) is 11.0. The van der Waals surface area contributed by atoms with E-state index in [1.54, 1.807) is 0 Å². The first kappa shape index (κ1) is 36.3. The lowest BCUT2D eigenvalue weighted by molar-refractivity contribution is 0.331. The lowest BCUT2D eigenvalue weighted by Crippen LogP contribution is -2.46. The largest absolute Gasteiger partial charge is 0.454 e. The Labute approximate surface area is 359 Å². The second kappa shape index (κ2) is 12.8. The molecule has 0 amide bonds. The van der Waals surface area contributed by atoms with Crippen LogP contribution < -0.4 is 21.1 Å². The highest BCUT2D eigenvalue weighted by atomic mass is 16.3. The zero-order chi connectivity index (χ0) is 41.4. The van der Waals surface area contributed by atoms with Gasteiger partial charge in [-0.3, -0.25) is 0 Å². The van der Waals surface area contributed by atoms with Gasteiger partial charge in [0.05, 0.1) is 11.4 Å². The molecule has 12 rings (SSSR count). The Bertz CT molecular complexity index is 3300. The van der Waals surface area contributed by atoms with Gasteiger partial charge in [-0.05, 0) is 110 Å². The van der Waals surface area contributed by atoms with Crippen molar-refractivity contribution < 1.29 is 4.42 Å². The molecule has 1 N–H and O–H groups in total. The van der Waals surface area contributed by atoms with Gasteiger partial charge in [-0.25, -0.2) is 0 Å². The van der Waals surface area contributed by atoms with Gasteiger partial charge in [0.25, 0.3) is 0 Å². The Balaban J connectivity index is 1.14. The van der Waals surface area contributed by atoms with Crippen molar-refractivity contribution in [3.8, 4) is 22.3 Å². The van der Waals surface area contributed by atoms with Crippen LogP contribution in [0.2, 0.25) is 0 Å². The van der Waals surface area contributed by atoms with Crippen LogP contribution in [0, 0.1) is 0 Å². The summed E-state index contributed by atoms with van der Waals surface area (Å²) in [5, 5.41) is 8.62. The number of hydrogen-bond acceptors (Lipinski definition) is 3. The van der Waals surface area contributed by atoms with Crippen LogP contribution >= 0.6 is 0 Å². The highest BCUT2D eigenvalue weighted by Gasteiger charge is 2.45. The molecule has 0 fully saturated rings. The molecule has 2 aliphatic heterocycles. The molecule has 0 bridgehead atoms. The summed E-state index contributed by atoms with van der Waals surface area (Å²) in [5.41, 5.74) is 20.5. The molecule has 295 valence electrons. The van der Waals surface area contributed by atoms with Gasteiger partial charge in [0, 0.05) is 44.2 Å². The van der Waals surface area contributed by atoms with Crippen LogP contribution in [0.5, 0.6) is 0 Å². The van der Waals surface area contributed by atoms with Crippen LogP contribution in [0.3, 0.4) is 0 Å². The van der Waals surface area contributed by atoms with Gasteiger partial charge < -0.3 is 14.6 Å². The molecule has 9 aromatic rings. The van der Waals surface area contributed by atoms with Crippen molar-refractivity contribution in [1.29, 1.82) is 0 Å². The Morgan fingerprint density at radius 3 is 2.05 bits per heavy atom. The molecule has 4 heteroatoms. The molecule has 0 saturated carbocycles. The third-order valence-electron chi connectivity index (χ3n) is 14.5. The molecule has 1 aromatic heterocycles. The maximum atomic E-state index is 6.57. The standard InChI is InChI=1S/C57H48BN2O/c1-55(2)28-29-56(3,4)44-33-49-45(32-43(44)55)57(5,6)42-22-15-23-46-53(42)60(49)52-37-19-11-10-18-36(37)31-41(51(52)58-46)40-30-35(34-16-8-7-9-17-34)26-27-47(40)59-48-24-14-21-39-38-20-12-13-25-50(38)61-54(39)48/h7-27,30-33,59H,28-29H2,1-6H3. The summed E-state index contributed by atoms with van der Waals surface area (Å²) in [4.78, 5) is 2.66. The first-order valence-corrected chi connectivity index (χ1v) is 21.9. The quantitative estimate of drug-likeness (QED) is 0.180. The molecule has 1 radical (unpaired) electrons. The molecule has 3 nitrogen and oxygen atoms in total. The second-order valence-corrected chi connectivity index (χ2v) is 19.5. The molecule has 0 atom stereocenters. The smallest absolute Gasteiger partial charge is 0.197 e.